The highest BCUT2D eigenvalue weighted by atomic mass is 32.1. The molecule has 1 fully saturated rings. The van der Waals surface area contributed by atoms with Crippen LogP contribution in [0.3, 0.4) is 0 Å². The molecule has 0 saturated carbocycles. The lowest BCUT2D eigenvalue weighted by Gasteiger charge is -2.29. The van der Waals surface area contributed by atoms with Gasteiger partial charge in [-0.3, -0.25) is 0 Å². The molecule has 0 bridgehead atoms. The van der Waals surface area contributed by atoms with E-state index in [0.717, 1.165) is 30.9 Å². The van der Waals surface area contributed by atoms with E-state index < -0.39 is 0 Å². The molecule has 0 aliphatic carbocycles. The molecule has 2 amide bonds. The average molecular weight is 347 g/mol. The SMILES string of the molecule is CCn1ccnc1[C@@H]1OCC[C@H]1NC(=O)N1CCc2ncsc2C1. The number of rotatable bonds is 3. The van der Waals surface area contributed by atoms with Gasteiger partial charge in [-0.15, -0.1) is 11.3 Å². The van der Waals surface area contributed by atoms with Crippen molar-refractivity contribution in [3.05, 3.63) is 34.3 Å². The number of aryl methyl sites for hydroxylation is 1. The number of ether oxygens (including phenoxy) is 1. The van der Waals surface area contributed by atoms with Crippen LogP contribution in [-0.2, 0) is 24.2 Å². The molecule has 0 unspecified atom stereocenters. The van der Waals surface area contributed by atoms with E-state index >= 15 is 0 Å². The van der Waals surface area contributed by atoms with E-state index in [1.165, 1.54) is 4.88 Å². The number of hydrogen-bond donors (Lipinski definition) is 1. The first-order valence-corrected chi connectivity index (χ1v) is 9.23. The summed E-state index contributed by atoms with van der Waals surface area (Å²) in [4.78, 5) is 24.5. The molecule has 2 aliphatic heterocycles. The largest absolute Gasteiger partial charge is 0.368 e. The summed E-state index contributed by atoms with van der Waals surface area (Å²) in [6, 6.07) is -0.0581. The van der Waals surface area contributed by atoms with Crippen LogP contribution in [0.5, 0.6) is 0 Å². The Kier molecular flexibility index (Phi) is 4.24. The molecule has 4 heterocycles. The number of amides is 2. The van der Waals surface area contributed by atoms with Crippen LogP contribution in [-0.4, -0.2) is 44.7 Å². The van der Waals surface area contributed by atoms with Crippen molar-refractivity contribution < 1.29 is 9.53 Å². The molecule has 128 valence electrons. The Labute approximate surface area is 144 Å². The van der Waals surface area contributed by atoms with E-state index in [-0.39, 0.29) is 18.2 Å². The lowest BCUT2D eigenvalue weighted by atomic mass is 10.1. The van der Waals surface area contributed by atoms with Gasteiger partial charge < -0.3 is 19.5 Å². The minimum atomic E-state index is -0.173. The molecule has 24 heavy (non-hydrogen) atoms. The summed E-state index contributed by atoms with van der Waals surface area (Å²) >= 11 is 1.62. The Morgan fingerprint density at radius 3 is 3.29 bits per heavy atom. The normalized spacial score (nSPS) is 23.3. The van der Waals surface area contributed by atoms with Crippen molar-refractivity contribution in [1.82, 2.24) is 24.8 Å². The zero-order chi connectivity index (χ0) is 16.5. The molecular formula is C16H21N5O2S. The van der Waals surface area contributed by atoms with Gasteiger partial charge in [-0.05, 0) is 13.3 Å². The van der Waals surface area contributed by atoms with Crippen LogP contribution in [0.2, 0.25) is 0 Å². The number of fused-ring (bicyclic) bond motifs is 1. The first-order valence-electron chi connectivity index (χ1n) is 8.35. The van der Waals surface area contributed by atoms with Crippen molar-refractivity contribution in [2.24, 2.45) is 0 Å². The van der Waals surface area contributed by atoms with E-state index in [2.05, 4.69) is 26.8 Å². The zero-order valence-electron chi connectivity index (χ0n) is 13.6. The third kappa shape index (κ3) is 2.80. The third-order valence-corrected chi connectivity index (χ3v) is 5.57. The predicted molar refractivity (Wildman–Crippen MR) is 89.8 cm³/mol. The van der Waals surface area contributed by atoms with Crippen LogP contribution in [0, 0.1) is 0 Å². The first-order chi connectivity index (χ1) is 11.8. The number of thiazole rings is 1. The second kappa shape index (κ2) is 6.52. The van der Waals surface area contributed by atoms with Gasteiger partial charge in [0.25, 0.3) is 0 Å². The van der Waals surface area contributed by atoms with Gasteiger partial charge in [-0.1, -0.05) is 0 Å². The van der Waals surface area contributed by atoms with Crippen LogP contribution in [0.25, 0.3) is 0 Å². The Bertz CT molecular complexity index is 728. The summed E-state index contributed by atoms with van der Waals surface area (Å²) < 4.78 is 7.93. The van der Waals surface area contributed by atoms with Crippen molar-refractivity contribution in [3.8, 4) is 0 Å². The number of aromatic nitrogens is 3. The molecule has 0 spiro atoms. The van der Waals surface area contributed by atoms with Crippen LogP contribution >= 0.6 is 11.3 Å². The second-order valence-corrected chi connectivity index (χ2v) is 7.04. The van der Waals surface area contributed by atoms with Crippen LogP contribution in [0.15, 0.2) is 17.9 Å². The van der Waals surface area contributed by atoms with Gasteiger partial charge in [0.1, 0.15) is 11.9 Å². The summed E-state index contributed by atoms with van der Waals surface area (Å²) in [7, 11) is 0. The minimum absolute atomic E-state index is 0.0239. The number of carbonyl (C=O) groups excluding carboxylic acids is 1. The standard InChI is InChI=1S/C16H21N5O2S/c1-2-20-7-5-17-15(20)14-12(4-8-23-14)19-16(22)21-6-3-11-13(9-21)24-10-18-11/h5,7,10,12,14H,2-4,6,8-9H2,1H3,(H,19,22)/t12-,14-/m1/s1. The maximum Gasteiger partial charge on any atom is 0.318 e. The summed E-state index contributed by atoms with van der Waals surface area (Å²) in [5.41, 5.74) is 2.99. The Balaban J connectivity index is 1.44. The monoisotopic (exact) mass is 347 g/mol. The van der Waals surface area contributed by atoms with Gasteiger partial charge in [0.15, 0.2) is 0 Å². The molecule has 1 N–H and O–H groups in total. The third-order valence-electron chi connectivity index (χ3n) is 4.71. The molecule has 0 radical (unpaired) electrons. The second-order valence-electron chi connectivity index (χ2n) is 6.10. The lowest BCUT2D eigenvalue weighted by molar-refractivity contribution is 0.0882. The van der Waals surface area contributed by atoms with E-state index in [0.29, 0.717) is 19.7 Å². The highest BCUT2D eigenvalue weighted by Gasteiger charge is 2.35. The number of carbonyl (C=O) groups is 1. The van der Waals surface area contributed by atoms with Crippen molar-refractivity contribution in [3.63, 3.8) is 0 Å². The fourth-order valence-electron chi connectivity index (χ4n) is 3.38. The van der Waals surface area contributed by atoms with E-state index in [1.807, 2.05) is 16.6 Å². The van der Waals surface area contributed by atoms with Gasteiger partial charge in [-0.2, -0.15) is 0 Å². The zero-order valence-corrected chi connectivity index (χ0v) is 14.5. The number of urea groups is 1. The summed E-state index contributed by atoms with van der Waals surface area (Å²) in [5, 5.41) is 3.15. The molecule has 0 aromatic carbocycles. The van der Waals surface area contributed by atoms with Crippen molar-refractivity contribution in [2.75, 3.05) is 13.2 Å². The smallest absolute Gasteiger partial charge is 0.318 e. The van der Waals surface area contributed by atoms with Crippen molar-refractivity contribution >= 4 is 17.4 Å². The van der Waals surface area contributed by atoms with Gasteiger partial charge in [0, 0.05) is 43.4 Å². The fraction of sp³-hybridized carbons (Fsp3) is 0.562. The van der Waals surface area contributed by atoms with E-state index in [1.54, 1.807) is 17.5 Å². The van der Waals surface area contributed by atoms with E-state index in [9.17, 15) is 4.79 Å². The van der Waals surface area contributed by atoms with Crippen molar-refractivity contribution in [2.45, 2.75) is 45.0 Å². The average Bonchev–Trinajstić information content (AvgIpc) is 3.33. The number of hydrogen-bond acceptors (Lipinski definition) is 5. The van der Waals surface area contributed by atoms with Gasteiger partial charge in [0.05, 0.1) is 23.8 Å². The molecular weight excluding hydrogens is 326 g/mol. The summed E-state index contributed by atoms with van der Waals surface area (Å²) in [6.07, 6.45) is 5.21. The fourth-order valence-corrected chi connectivity index (χ4v) is 4.21. The van der Waals surface area contributed by atoms with Crippen LogP contribution < -0.4 is 5.32 Å². The molecule has 2 aromatic heterocycles. The highest BCUT2D eigenvalue weighted by Crippen LogP contribution is 2.29. The van der Waals surface area contributed by atoms with Gasteiger partial charge >= 0.3 is 6.03 Å². The maximum absolute atomic E-state index is 12.7. The summed E-state index contributed by atoms with van der Waals surface area (Å²) in [6.45, 7) is 4.92. The quantitative estimate of drug-likeness (QED) is 0.921. The number of nitrogens with zero attached hydrogens (tertiary/aromatic N) is 4. The number of imidazole rings is 1. The molecule has 2 aromatic rings. The molecule has 2 atom stereocenters. The first kappa shape index (κ1) is 15.6. The molecule has 1 saturated heterocycles. The minimum Gasteiger partial charge on any atom is -0.368 e. The topological polar surface area (TPSA) is 72.3 Å². The Hall–Kier alpha value is -1.93. The van der Waals surface area contributed by atoms with E-state index in [4.69, 9.17) is 4.74 Å². The predicted octanol–water partition coefficient (Wildman–Crippen LogP) is 1.96. The molecule has 7 nitrogen and oxygen atoms in total. The lowest BCUT2D eigenvalue weighted by Crippen LogP contribution is -2.47. The van der Waals surface area contributed by atoms with Crippen LogP contribution in [0.1, 0.15) is 35.8 Å². The van der Waals surface area contributed by atoms with Gasteiger partial charge in [-0.25, -0.2) is 14.8 Å². The molecule has 2 aliphatic rings. The van der Waals surface area contributed by atoms with Gasteiger partial charge in [0.2, 0.25) is 0 Å². The Morgan fingerprint density at radius 1 is 1.50 bits per heavy atom. The van der Waals surface area contributed by atoms with Crippen molar-refractivity contribution in [1.29, 1.82) is 0 Å². The maximum atomic E-state index is 12.7. The Morgan fingerprint density at radius 2 is 2.42 bits per heavy atom. The van der Waals surface area contributed by atoms with Crippen LogP contribution in [0.4, 0.5) is 4.79 Å². The summed E-state index contributed by atoms with van der Waals surface area (Å²) in [5.74, 6) is 0.892. The molecule has 4 rings (SSSR count). The molecule has 8 heteroatoms. The number of nitrogens with one attached hydrogen (secondary N) is 1. The highest BCUT2D eigenvalue weighted by molar-refractivity contribution is 7.09.